The van der Waals surface area contributed by atoms with Gasteiger partial charge in [-0.1, -0.05) is 0 Å². The zero-order valence-electron chi connectivity index (χ0n) is 13.9. The summed E-state index contributed by atoms with van der Waals surface area (Å²) in [7, 11) is 1.76. The highest BCUT2D eigenvalue weighted by molar-refractivity contribution is 14.0. The minimum atomic E-state index is -0.243. The maximum Gasteiger partial charge on any atom is 0.191 e. The fraction of sp³-hybridized carbons (Fsp3) is 0.471. The van der Waals surface area contributed by atoms with Crippen LogP contribution in [0.4, 0.5) is 4.39 Å². The van der Waals surface area contributed by atoms with E-state index in [9.17, 15) is 4.39 Å². The van der Waals surface area contributed by atoms with E-state index in [4.69, 9.17) is 4.42 Å². The van der Waals surface area contributed by atoms with Crippen molar-refractivity contribution in [2.75, 3.05) is 19.3 Å². The Kier molecular flexibility index (Phi) is 7.21. The molecule has 0 radical (unpaired) electrons. The lowest BCUT2D eigenvalue weighted by Crippen LogP contribution is -2.39. The van der Waals surface area contributed by atoms with E-state index in [2.05, 4.69) is 15.6 Å². The van der Waals surface area contributed by atoms with Crippen LogP contribution in [-0.4, -0.2) is 30.6 Å². The maximum atomic E-state index is 13.4. The molecule has 1 saturated heterocycles. The largest absolute Gasteiger partial charge is 0.459 e. The van der Waals surface area contributed by atoms with Crippen molar-refractivity contribution in [3.8, 4) is 0 Å². The summed E-state index contributed by atoms with van der Waals surface area (Å²) in [4.78, 5) is 4.25. The zero-order chi connectivity index (χ0) is 16.2. The van der Waals surface area contributed by atoms with Crippen molar-refractivity contribution in [2.24, 2.45) is 4.99 Å². The predicted octanol–water partition coefficient (Wildman–Crippen LogP) is 4.06. The van der Waals surface area contributed by atoms with Crippen LogP contribution in [0, 0.1) is 12.7 Å². The van der Waals surface area contributed by atoms with Crippen molar-refractivity contribution >= 4 is 52.7 Å². The van der Waals surface area contributed by atoms with E-state index < -0.39 is 0 Å². The molecule has 2 aromatic rings. The quantitative estimate of drug-likeness (QED) is 0.408. The summed E-state index contributed by atoms with van der Waals surface area (Å²) < 4.78 is 19.2. The van der Waals surface area contributed by atoms with E-state index in [1.807, 2.05) is 18.7 Å². The van der Waals surface area contributed by atoms with Gasteiger partial charge in [-0.25, -0.2) is 4.39 Å². The van der Waals surface area contributed by atoms with Gasteiger partial charge in [0.25, 0.3) is 0 Å². The zero-order valence-corrected chi connectivity index (χ0v) is 17.0. The maximum absolute atomic E-state index is 13.4. The number of rotatable bonds is 4. The molecule has 2 N–H and O–H groups in total. The molecule has 2 heterocycles. The predicted molar refractivity (Wildman–Crippen MR) is 110 cm³/mol. The Morgan fingerprint density at radius 3 is 2.96 bits per heavy atom. The minimum Gasteiger partial charge on any atom is -0.459 e. The van der Waals surface area contributed by atoms with Gasteiger partial charge < -0.3 is 15.1 Å². The molecule has 3 rings (SSSR count). The van der Waals surface area contributed by atoms with Crippen molar-refractivity contribution in [2.45, 2.75) is 31.6 Å². The summed E-state index contributed by atoms with van der Waals surface area (Å²) >= 11 is 2.02. The number of guanidine groups is 1. The van der Waals surface area contributed by atoms with Crippen molar-refractivity contribution in [3.05, 3.63) is 35.3 Å². The Hall–Kier alpha value is -0.960. The highest BCUT2D eigenvalue weighted by Gasteiger charge is 2.16. The second-order valence-electron chi connectivity index (χ2n) is 5.73. The van der Waals surface area contributed by atoms with E-state index in [1.165, 1.54) is 30.7 Å². The summed E-state index contributed by atoms with van der Waals surface area (Å²) in [6.07, 6.45) is 2.57. The van der Waals surface area contributed by atoms with Crippen molar-refractivity contribution in [1.82, 2.24) is 10.6 Å². The molecule has 1 aromatic carbocycles. The highest BCUT2D eigenvalue weighted by Crippen LogP contribution is 2.26. The van der Waals surface area contributed by atoms with Gasteiger partial charge in [-0.2, -0.15) is 11.8 Å². The smallest absolute Gasteiger partial charge is 0.191 e. The van der Waals surface area contributed by atoms with E-state index in [0.29, 0.717) is 17.4 Å². The number of hydrogen-bond donors (Lipinski definition) is 2. The van der Waals surface area contributed by atoms with Crippen LogP contribution in [0.25, 0.3) is 11.0 Å². The standard InChI is InChI=1S/C17H22FN3OS.HI/c1-11-14-8-12(18)5-6-15(14)22-16(11)10-21-17(19-2)20-9-13-4-3-7-23-13;/h5-6,8,13H,3-4,7,9-10H2,1-2H3,(H2,19,20,21);1H. The first-order chi connectivity index (χ1) is 11.2. The van der Waals surface area contributed by atoms with Crippen LogP contribution >= 0.6 is 35.7 Å². The number of nitrogens with zero attached hydrogens (tertiary/aromatic N) is 1. The van der Waals surface area contributed by atoms with Gasteiger partial charge in [-0.15, -0.1) is 24.0 Å². The molecule has 0 bridgehead atoms. The molecule has 1 unspecified atom stereocenters. The fourth-order valence-electron chi connectivity index (χ4n) is 2.81. The molecule has 24 heavy (non-hydrogen) atoms. The summed E-state index contributed by atoms with van der Waals surface area (Å²) in [5, 5.41) is 8.13. The number of aliphatic imine (C=N–C) groups is 1. The Labute approximate surface area is 163 Å². The van der Waals surface area contributed by atoms with Crippen molar-refractivity contribution < 1.29 is 8.81 Å². The molecule has 0 aliphatic carbocycles. The molecule has 1 aromatic heterocycles. The van der Waals surface area contributed by atoms with Crippen LogP contribution in [0.5, 0.6) is 0 Å². The summed E-state index contributed by atoms with van der Waals surface area (Å²) in [5.41, 5.74) is 1.68. The molecule has 1 fully saturated rings. The van der Waals surface area contributed by atoms with Crippen molar-refractivity contribution in [1.29, 1.82) is 0 Å². The molecule has 1 aliphatic rings. The Morgan fingerprint density at radius 2 is 2.25 bits per heavy atom. The average molecular weight is 463 g/mol. The number of nitrogens with one attached hydrogen (secondary N) is 2. The number of aryl methyl sites for hydroxylation is 1. The lowest BCUT2D eigenvalue weighted by molar-refractivity contribution is 0.534. The molecule has 132 valence electrons. The second kappa shape index (κ2) is 8.94. The third-order valence-corrected chi connectivity index (χ3v) is 5.56. The van der Waals surface area contributed by atoms with Crippen LogP contribution in [0.1, 0.15) is 24.2 Å². The monoisotopic (exact) mass is 463 g/mol. The second-order valence-corrected chi connectivity index (χ2v) is 7.14. The Morgan fingerprint density at radius 1 is 1.42 bits per heavy atom. The van der Waals surface area contributed by atoms with Gasteiger partial charge in [-0.3, -0.25) is 4.99 Å². The van der Waals surface area contributed by atoms with Crippen LogP contribution < -0.4 is 10.6 Å². The molecule has 0 amide bonds. The molecule has 1 atom stereocenters. The number of halogens is 2. The Balaban J connectivity index is 0.00000208. The Bertz CT molecular complexity index is 713. The molecule has 4 nitrogen and oxygen atoms in total. The lowest BCUT2D eigenvalue weighted by atomic mass is 10.1. The number of furan rings is 1. The molecular weight excluding hydrogens is 440 g/mol. The van der Waals surface area contributed by atoms with Crippen molar-refractivity contribution in [3.63, 3.8) is 0 Å². The number of hydrogen-bond acceptors (Lipinski definition) is 3. The van der Waals surface area contributed by atoms with Gasteiger partial charge in [0.2, 0.25) is 0 Å². The number of thioether (sulfide) groups is 1. The lowest BCUT2D eigenvalue weighted by Gasteiger charge is -2.14. The van der Waals surface area contributed by atoms with Gasteiger partial charge in [-0.05, 0) is 43.7 Å². The third-order valence-electron chi connectivity index (χ3n) is 4.16. The van der Waals surface area contributed by atoms with Crippen LogP contribution in [0.15, 0.2) is 27.6 Å². The first-order valence-corrected chi connectivity index (χ1v) is 8.96. The number of benzene rings is 1. The van der Waals surface area contributed by atoms with Gasteiger partial charge in [0.15, 0.2) is 5.96 Å². The molecule has 7 heteroatoms. The SMILES string of the molecule is CN=C(NCc1oc2ccc(F)cc2c1C)NCC1CCCS1.I. The van der Waals surface area contributed by atoms with Gasteiger partial charge in [0, 0.05) is 29.8 Å². The van der Waals surface area contributed by atoms with Crippen LogP contribution in [-0.2, 0) is 6.54 Å². The summed E-state index contributed by atoms with van der Waals surface area (Å²) in [5.74, 6) is 2.59. The van der Waals surface area contributed by atoms with Crippen LogP contribution in [0.3, 0.4) is 0 Å². The minimum absolute atomic E-state index is 0. The topological polar surface area (TPSA) is 49.6 Å². The molecule has 1 aliphatic heterocycles. The molecule has 0 saturated carbocycles. The van der Waals surface area contributed by atoms with E-state index in [-0.39, 0.29) is 29.8 Å². The van der Waals surface area contributed by atoms with Gasteiger partial charge in [0.05, 0.1) is 6.54 Å². The molecular formula is C17H23FIN3OS. The van der Waals surface area contributed by atoms with Crippen LogP contribution in [0.2, 0.25) is 0 Å². The number of fused-ring (bicyclic) bond motifs is 1. The third kappa shape index (κ3) is 4.56. The normalized spacial score (nSPS) is 17.8. The highest BCUT2D eigenvalue weighted by atomic mass is 127. The van der Waals surface area contributed by atoms with Gasteiger partial charge >= 0.3 is 0 Å². The summed E-state index contributed by atoms with van der Waals surface area (Å²) in [6.45, 7) is 3.40. The van der Waals surface area contributed by atoms with Gasteiger partial charge in [0.1, 0.15) is 17.2 Å². The molecule has 0 spiro atoms. The van der Waals surface area contributed by atoms with E-state index in [1.54, 1.807) is 13.1 Å². The fourth-order valence-corrected chi connectivity index (χ4v) is 4.01. The summed E-state index contributed by atoms with van der Waals surface area (Å²) in [6, 6.07) is 4.61. The van der Waals surface area contributed by atoms with E-state index in [0.717, 1.165) is 29.2 Å². The average Bonchev–Trinajstić information content (AvgIpc) is 3.17. The first-order valence-electron chi connectivity index (χ1n) is 7.91. The van der Waals surface area contributed by atoms with E-state index >= 15 is 0 Å². The first kappa shape index (κ1) is 19.4.